The number of ketones is 1. The van der Waals surface area contributed by atoms with Gasteiger partial charge in [-0.1, -0.05) is 29.8 Å². The highest BCUT2D eigenvalue weighted by Crippen LogP contribution is 2.28. The van der Waals surface area contributed by atoms with Crippen molar-refractivity contribution in [3.63, 3.8) is 0 Å². The Labute approximate surface area is 96.9 Å². The van der Waals surface area contributed by atoms with Crippen molar-refractivity contribution in [1.29, 1.82) is 0 Å². The van der Waals surface area contributed by atoms with Gasteiger partial charge in [0.25, 0.3) is 5.00 Å². The molecule has 0 amide bonds. The minimum atomic E-state index is -1.91. The molecule has 0 fully saturated rings. The van der Waals surface area contributed by atoms with Gasteiger partial charge in [0.2, 0.25) is 5.90 Å². The van der Waals surface area contributed by atoms with Crippen LogP contribution in [0.1, 0.15) is 12.5 Å². The van der Waals surface area contributed by atoms with E-state index in [0.717, 1.165) is 0 Å². The molecule has 1 aliphatic rings. The molecule has 0 saturated heterocycles. The van der Waals surface area contributed by atoms with Gasteiger partial charge in [0, 0.05) is 5.56 Å². The van der Waals surface area contributed by atoms with Crippen LogP contribution in [0.5, 0.6) is 0 Å². The molecule has 1 heterocycles. The van der Waals surface area contributed by atoms with E-state index >= 15 is 0 Å². The maximum absolute atomic E-state index is 11.4. The summed E-state index contributed by atoms with van der Waals surface area (Å²) in [6.45, 7) is 1.20. The Morgan fingerprint density at radius 1 is 1.38 bits per heavy atom. The predicted molar refractivity (Wildman–Crippen MR) is 58.3 cm³/mol. The van der Waals surface area contributed by atoms with Crippen LogP contribution < -0.4 is 0 Å². The predicted octanol–water partition coefficient (Wildman–Crippen LogP) is 1.51. The van der Waals surface area contributed by atoms with Crippen LogP contribution in [0.4, 0.5) is 0 Å². The summed E-state index contributed by atoms with van der Waals surface area (Å²) in [6, 6.07) is 8.80. The lowest BCUT2D eigenvalue weighted by Gasteiger charge is -2.06. The van der Waals surface area contributed by atoms with Crippen molar-refractivity contribution < 1.29 is 14.3 Å². The lowest BCUT2D eigenvalue weighted by atomic mass is 10.2. The van der Waals surface area contributed by atoms with Gasteiger partial charge in [-0.2, -0.15) is 0 Å². The van der Waals surface area contributed by atoms with E-state index in [1.165, 1.54) is 6.92 Å². The summed E-state index contributed by atoms with van der Waals surface area (Å²) >= 11 is 5.79. The Balaban J connectivity index is 2.41. The van der Waals surface area contributed by atoms with Crippen molar-refractivity contribution in [2.24, 2.45) is 4.99 Å². The number of hydrogen-bond acceptors (Lipinski definition) is 4. The summed E-state index contributed by atoms with van der Waals surface area (Å²) in [4.78, 5) is 24.6. The molecule has 0 spiro atoms. The number of ether oxygens (including phenoxy) is 1. The van der Waals surface area contributed by atoms with Gasteiger partial charge in [-0.15, -0.1) is 0 Å². The molecule has 0 aromatic heterocycles. The lowest BCUT2D eigenvalue weighted by Crippen LogP contribution is -2.34. The van der Waals surface area contributed by atoms with Gasteiger partial charge in [0.05, 0.1) is 0 Å². The monoisotopic (exact) mass is 237 g/mol. The van der Waals surface area contributed by atoms with Gasteiger partial charge in [-0.25, -0.2) is 9.79 Å². The van der Waals surface area contributed by atoms with Crippen LogP contribution in [0.3, 0.4) is 0 Å². The van der Waals surface area contributed by atoms with Crippen molar-refractivity contribution in [1.82, 2.24) is 0 Å². The van der Waals surface area contributed by atoms with Crippen molar-refractivity contribution in [3.05, 3.63) is 35.9 Å². The average Bonchev–Trinajstić information content (AvgIpc) is 2.58. The minimum absolute atomic E-state index is 0.0794. The fourth-order valence-corrected chi connectivity index (χ4v) is 1.41. The van der Waals surface area contributed by atoms with E-state index < -0.39 is 16.8 Å². The van der Waals surface area contributed by atoms with Crippen LogP contribution >= 0.6 is 11.6 Å². The van der Waals surface area contributed by atoms with Crippen LogP contribution in [-0.2, 0) is 14.3 Å². The summed E-state index contributed by atoms with van der Waals surface area (Å²) < 4.78 is 4.88. The molecule has 1 unspecified atom stereocenters. The fourth-order valence-electron chi connectivity index (χ4n) is 1.29. The fraction of sp³-hybridized carbons (Fsp3) is 0.182. The van der Waals surface area contributed by atoms with Gasteiger partial charge in [0.15, 0.2) is 5.78 Å². The third kappa shape index (κ3) is 1.61. The van der Waals surface area contributed by atoms with Crippen LogP contribution in [0.15, 0.2) is 35.3 Å². The van der Waals surface area contributed by atoms with Crippen LogP contribution in [0, 0.1) is 0 Å². The number of carbonyl (C=O) groups excluding carboxylic acids is 2. The molecule has 2 rings (SSSR count). The number of halogens is 1. The summed E-state index contributed by atoms with van der Waals surface area (Å²) in [7, 11) is 0. The van der Waals surface area contributed by atoms with E-state index in [4.69, 9.17) is 16.3 Å². The number of carbonyl (C=O) groups is 2. The highest BCUT2D eigenvalue weighted by atomic mass is 35.5. The van der Waals surface area contributed by atoms with Crippen molar-refractivity contribution in [3.8, 4) is 0 Å². The first-order chi connectivity index (χ1) is 7.54. The zero-order valence-electron chi connectivity index (χ0n) is 8.44. The third-order valence-corrected chi connectivity index (χ3v) is 2.71. The van der Waals surface area contributed by atoms with Gasteiger partial charge >= 0.3 is 5.97 Å². The molecule has 0 aliphatic carbocycles. The Morgan fingerprint density at radius 3 is 2.50 bits per heavy atom. The third-order valence-electron chi connectivity index (χ3n) is 2.20. The van der Waals surface area contributed by atoms with E-state index in [-0.39, 0.29) is 5.90 Å². The smallest absolute Gasteiger partial charge is 0.364 e. The number of nitrogens with zero attached hydrogens (tertiary/aromatic N) is 1. The largest absolute Gasteiger partial charge is 0.404 e. The van der Waals surface area contributed by atoms with Gasteiger partial charge < -0.3 is 4.74 Å². The minimum Gasteiger partial charge on any atom is -0.404 e. The van der Waals surface area contributed by atoms with Gasteiger partial charge in [-0.05, 0) is 19.1 Å². The molecule has 82 valence electrons. The molecule has 0 radical (unpaired) electrons. The van der Waals surface area contributed by atoms with Crippen LogP contribution in [-0.4, -0.2) is 22.6 Å². The number of hydrogen-bond donors (Lipinski definition) is 0. The number of alkyl halides is 1. The maximum Gasteiger partial charge on any atom is 0.364 e. The zero-order valence-corrected chi connectivity index (χ0v) is 9.19. The SMILES string of the molecule is CC(=O)C1(Cl)N=C(c2ccccc2)OC1=O. The standard InChI is InChI=1S/C11H8ClNO3/c1-7(14)11(12)10(15)16-9(13-11)8-5-3-2-4-6-8/h2-6H,1H3. The first-order valence-corrected chi connectivity index (χ1v) is 4.99. The average molecular weight is 238 g/mol. The quantitative estimate of drug-likeness (QED) is 0.339. The van der Waals surface area contributed by atoms with Gasteiger partial charge in [-0.3, -0.25) is 4.79 Å². The molecule has 4 nitrogen and oxygen atoms in total. The molecule has 1 aliphatic heterocycles. The number of rotatable bonds is 2. The molecule has 1 aromatic rings. The topological polar surface area (TPSA) is 55.7 Å². The first-order valence-electron chi connectivity index (χ1n) is 4.61. The Kier molecular flexibility index (Phi) is 2.52. The van der Waals surface area contributed by atoms with Gasteiger partial charge in [0.1, 0.15) is 0 Å². The van der Waals surface area contributed by atoms with Crippen molar-refractivity contribution >= 4 is 29.3 Å². The molecule has 1 atom stereocenters. The molecular weight excluding hydrogens is 230 g/mol. The lowest BCUT2D eigenvalue weighted by molar-refractivity contribution is -0.140. The second kappa shape index (κ2) is 3.72. The number of cyclic esters (lactones) is 1. The van der Waals surface area contributed by atoms with E-state index in [2.05, 4.69) is 4.99 Å². The Morgan fingerprint density at radius 2 is 2.00 bits per heavy atom. The number of aliphatic imine (C=N–C) groups is 1. The van der Waals surface area contributed by atoms with E-state index in [1.54, 1.807) is 24.3 Å². The number of esters is 1. The van der Waals surface area contributed by atoms with Crippen LogP contribution in [0.25, 0.3) is 0 Å². The Bertz CT molecular complexity index is 483. The number of benzene rings is 1. The second-order valence-corrected chi connectivity index (χ2v) is 3.90. The highest BCUT2D eigenvalue weighted by molar-refractivity contribution is 6.47. The molecule has 5 heteroatoms. The molecule has 16 heavy (non-hydrogen) atoms. The van der Waals surface area contributed by atoms with E-state index in [1.807, 2.05) is 6.07 Å². The highest BCUT2D eigenvalue weighted by Gasteiger charge is 2.49. The summed E-state index contributed by atoms with van der Waals surface area (Å²) in [5, 5.41) is 0. The molecule has 0 bridgehead atoms. The molecule has 0 N–H and O–H groups in total. The Hall–Kier alpha value is -1.68. The number of Topliss-reactive ketones (excluding diaryl/α,β-unsaturated/α-hetero) is 1. The molecule has 0 saturated carbocycles. The zero-order chi connectivity index (χ0) is 11.8. The summed E-state index contributed by atoms with van der Waals surface area (Å²) in [5.74, 6) is -1.32. The second-order valence-electron chi connectivity index (χ2n) is 3.35. The normalized spacial score (nSPS) is 23.9. The molecule has 1 aromatic carbocycles. The van der Waals surface area contributed by atoms with Crippen molar-refractivity contribution in [2.45, 2.75) is 11.9 Å². The van der Waals surface area contributed by atoms with Crippen molar-refractivity contribution in [2.75, 3.05) is 0 Å². The van der Waals surface area contributed by atoms with E-state index in [9.17, 15) is 9.59 Å². The van der Waals surface area contributed by atoms with E-state index in [0.29, 0.717) is 5.56 Å². The first kappa shape index (κ1) is 10.8. The summed E-state index contributed by atoms with van der Waals surface area (Å²) in [5.41, 5.74) is 0.611. The van der Waals surface area contributed by atoms with Crippen LogP contribution in [0.2, 0.25) is 0 Å². The summed E-state index contributed by atoms with van der Waals surface area (Å²) in [6.07, 6.45) is 0. The molecular formula is C11H8ClNO3. The maximum atomic E-state index is 11.4.